The van der Waals surface area contributed by atoms with Crippen molar-refractivity contribution in [2.45, 2.75) is 100 Å². The number of carbonyl (C=O) groups excluding carboxylic acids is 4. The highest BCUT2D eigenvalue weighted by Gasteiger charge is 2.62. The number of methoxy groups -OCH3 is 2. The zero-order valence-electron chi connectivity index (χ0n) is 28.4. The van der Waals surface area contributed by atoms with Gasteiger partial charge in [0.05, 0.1) is 26.3 Å². The molecule has 2 aliphatic carbocycles. The molecule has 2 aromatic rings. The fraction of sp³-hybridized carbons (Fsp3) is 0.556. The topological polar surface area (TPSA) is 183 Å². The number of fused-ring (bicyclic) bond motifs is 3. The van der Waals surface area contributed by atoms with Gasteiger partial charge in [-0.3, -0.25) is 9.59 Å². The smallest absolute Gasteiger partial charge is 0.408 e. The molecule has 1 aromatic heterocycles. The summed E-state index contributed by atoms with van der Waals surface area (Å²) >= 11 is 0. The minimum atomic E-state index is -1.26. The monoisotopic (exact) mass is 692 g/mol. The third-order valence-electron chi connectivity index (χ3n) is 10.1. The number of benzene rings is 1. The average molecular weight is 693 g/mol. The molecule has 0 spiro atoms. The molecular formula is C36H44N4O10. The Bertz CT molecular complexity index is 1670. The van der Waals surface area contributed by atoms with Crippen LogP contribution in [0.4, 0.5) is 4.79 Å². The van der Waals surface area contributed by atoms with Crippen molar-refractivity contribution in [2.75, 3.05) is 20.8 Å². The zero-order valence-corrected chi connectivity index (χ0v) is 28.4. The minimum Gasteiger partial charge on any atom is -0.497 e. The number of amides is 3. The minimum absolute atomic E-state index is 0.0380. The lowest BCUT2D eigenvalue weighted by molar-refractivity contribution is -0.148. The fourth-order valence-corrected chi connectivity index (χ4v) is 7.34. The Labute approximate surface area is 289 Å². The molecule has 3 heterocycles. The SMILES string of the molecule is COC(=O)[C@@]12CC1/C=C\CCCCC[C@H](NC(=O)OC1CCCC1)C(=O)N1C[C@H](Oc3cc(C(=O)O)nc4cc(OC)ccc34)C[C@H]1C(=O)N2. The second-order valence-corrected chi connectivity index (χ2v) is 13.5. The van der Waals surface area contributed by atoms with Crippen LogP contribution in [-0.4, -0.2) is 95.4 Å². The van der Waals surface area contributed by atoms with E-state index in [1.807, 2.05) is 12.2 Å². The molecule has 3 fully saturated rings. The number of hydrogen-bond acceptors (Lipinski definition) is 10. The maximum Gasteiger partial charge on any atom is 0.408 e. The summed E-state index contributed by atoms with van der Waals surface area (Å²) in [6, 6.07) is 4.27. The first-order valence-corrected chi connectivity index (χ1v) is 17.4. The van der Waals surface area contributed by atoms with Gasteiger partial charge in [-0.05, 0) is 63.5 Å². The molecule has 50 heavy (non-hydrogen) atoms. The van der Waals surface area contributed by atoms with E-state index >= 15 is 0 Å². The average Bonchev–Trinajstić information content (AvgIpc) is 3.38. The second-order valence-electron chi connectivity index (χ2n) is 13.5. The lowest BCUT2D eigenvalue weighted by Crippen LogP contribution is -2.56. The van der Waals surface area contributed by atoms with Gasteiger partial charge in [0.2, 0.25) is 11.8 Å². The first-order chi connectivity index (χ1) is 24.1. The summed E-state index contributed by atoms with van der Waals surface area (Å²) in [7, 11) is 2.76. The summed E-state index contributed by atoms with van der Waals surface area (Å²) in [5, 5.41) is 16.0. The Morgan fingerprint density at radius 3 is 2.54 bits per heavy atom. The van der Waals surface area contributed by atoms with Crippen LogP contribution in [0.1, 0.15) is 81.1 Å². The number of ether oxygens (including phenoxy) is 4. The number of nitrogens with one attached hydrogen (secondary N) is 2. The van der Waals surface area contributed by atoms with Crippen LogP contribution in [-0.2, 0) is 23.9 Å². The molecule has 5 atom stereocenters. The van der Waals surface area contributed by atoms with Gasteiger partial charge in [-0.1, -0.05) is 25.0 Å². The van der Waals surface area contributed by atoms with E-state index in [9.17, 15) is 29.1 Å². The molecular weight excluding hydrogens is 648 g/mol. The highest BCUT2D eigenvalue weighted by Crippen LogP contribution is 2.46. The molecule has 3 N–H and O–H groups in total. The van der Waals surface area contributed by atoms with Crippen molar-refractivity contribution in [3.05, 3.63) is 42.1 Å². The Kier molecular flexibility index (Phi) is 10.4. The number of aromatic nitrogens is 1. The molecule has 14 nitrogen and oxygen atoms in total. The number of carbonyl (C=O) groups is 5. The van der Waals surface area contributed by atoms with Crippen LogP contribution in [0.5, 0.6) is 11.5 Å². The first-order valence-electron chi connectivity index (χ1n) is 17.4. The van der Waals surface area contributed by atoms with E-state index < -0.39 is 53.6 Å². The molecule has 1 saturated heterocycles. The number of hydrogen-bond donors (Lipinski definition) is 3. The predicted molar refractivity (Wildman–Crippen MR) is 179 cm³/mol. The van der Waals surface area contributed by atoms with Gasteiger partial charge in [-0.15, -0.1) is 0 Å². The molecule has 3 amide bonds. The summed E-state index contributed by atoms with van der Waals surface area (Å²) in [4.78, 5) is 72.1. The molecule has 0 bridgehead atoms. The van der Waals surface area contributed by atoms with Gasteiger partial charge in [0.25, 0.3) is 0 Å². The number of rotatable bonds is 7. The highest BCUT2D eigenvalue weighted by molar-refractivity contribution is 5.97. The van der Waals surface area contributed by atoms with Gasteiger partial charge < -0.3 is 39.6 Å². The van der Waals surface area contributed by atoms with Crippen LogP contribution < -0.4 is 20.1 Å². The Morgan fingerprint density at radius 1 is 1.02 bits per heavy atom. The largest absolute Gasteiger partial charge is 0.497 e. The summed E-state index contributed by atoms with van der Waals surface area (Å²) < 4.78 is 22.4. The predicted octanol–water partition coefficient (Wildman–Crippen LogP) is 3.90. The summed E-state index contributed by atoms with van der Waals surface area (Å²) in [5.74, 6) is -2.41. The number of carboxylic acids is 1. The van der Waals surface area contributed by atoms with Crippen molar-refractivity contribution in [3.63, 3.8) is 0 Å². The summed E-state index contributed by atoms with van der Waals surface area (Å²) in [6.45, 7) is -0.0380. The van der Waals surface area contributed by atoms with Gasteiger partial charge in [0.1, 0.15) is 41.3 Å². The molecule has 268 valence electrons. The van der Waals surface area contributed by atoms with Crippen LogP contribution in [0, 0.1) is 5.92 Å². The molecule has 2 aliphatic heterocycles. The summed E-state index contributed by atoms with van der Waals surface area (Å²) in [5.41, 5.74) is -1.17. The first kappa shape index (κ1) is 35.0. The van der Waals surface area contributed by atoms with E-state index in [2.05, 4.69) is 15.6 Å². The van der Waals surface area contributed by atoms with Crippen molar-refractivity contribution in [1.82, 2.24) is 20.5 Å². The Morgan fingerprint density at radius 2 is 1.80 bits per heavy atom. The van der Waals surface area contributed by atoms with Gasteiger partial charge in [0.15, 0.2) is 5.69 Å². The fourth-order valence-electron chi connectivity index (χ4n) is 7.34. The van der Waals surface area contributed by atoms with E-state index in [1.54, 1.807) is 18.2 Å². The number of aromatic carboxylic acids is 1. The van der Waals surface area contributed by atoms with Crippen molar-refractivity contribution < 1.29 is 48.0 Å². The van der Waals surface area contributed by atoms with Crippen molar-refractivity contribution >= 4 is 40.7 Å². The molecule has 1 unspecified atom stereocenters. The number of allylic oxidation sites excluding steroid dienone is 1. The van der Waals surface area contributed by atoms with Gasteiger partial charge in [-0.2, -0.15) is 0 Å². The number of alkyl carbamates (subject to hydrolysis) is 1. The third kappa shape index (κ3) is 7.48. The van der Waals surface area contributed by atoms with Crippen LogP contribution in [0.3, 0.4) is 0 Å². The highest BCUT2D eigenvalue weighted by atomic mass is 16.6. The van der Waals surface area contributed by atoms with Crippen LogP contribution in [0.2, 0.25) is 0 Å². The number of nitrogens with zero attached hydrogens (tertiary/aromatic N) is 2. The lowest BCUT2D eigenvalue weighted by Gasteiger charge is -2.29. The van der Waals surface area contributed by atoms with Gasteiger partial charge in [0, 0.05) is 29.9 Å². The maximum absolute atomic E-state index is 14.4. The van der Waals surface area contributed by atoms with E-state index in [-0.39, 0.29) is 36.4 Å². The molecule has 2 saturated carbocycles. The number of carboxylic acid groups (broad SMARTS) is 1. The second kappa shape index (κ2) is 14.9. The van der Waals surface area contributed by atoms with E-state index in [0.29, 0.717) is 35.9 Å². The molecule has 1 aromatic carbocycles. The van der Waals surface area contributed by atoms with Crippen molar-refractivity contribution in [2.24, 2.45) is 5.92 Å². The van der Waals surface area contributed by atoms with Crippen LogP contribution in [0.15, 0.2) is 36.4 Å². The Hall–Kier alpha value is -4.88. The van der Waals surface area contributed by atoms with Crippen molar-refractivity contribution in [3.8, 4) is 11.5 Å². The third-order valence-corrected chi connectivity index (χ3v) is 10.1. The van der Waals surface area contributed by atoms with Gasteiger partial charge >= 0.3 is 18.0 Å². The maximum atomic E-state index is 14.4. The van der Waals surface area contributed by atoms with Crippen molar-refractivity contribution in [1.29, 1.82) is 0 Å². The quantitative estimate of drug-likeness (QED) is 0.283. The number of pyridine rings is 1. The molecule has 0 radical (unpaired) electrons. The van der Waals surface area contributed by atoms with Crippen LogP contribution in [0.25, 0.3) is 10.9 Å². The standard InChI is InChI=1S/C36H44N4O10/c1-47-23-14-15-25-27(16-23)37-28(33(43)44)18-30(25)49-24-17-29-31(41)39-36(34(45)48-2)19-21(36)10-6-4-3-5-7-13-26(32(42)40(29)20-24)38-35(46)50-22-11-8-9-12-22/h6,10,14-16,18,21-22,24,26,29H,3-5,7-9,11-13,17,19-20H2,1-2H3,(H,38,46)(H,39,41)(H,43,44)/b10-6-/t21?,24-,26+,29+,36-/m1/s1. The molecule has 4 aliphatic rings. The molecule has 6 rings (SSSR count). The summed E-state index contributed by atoms with van der Waals surface area (Å²) in [6.07, 6.45) is 9.63. The zero-order chi connectivity index (χ0) is 35.4. The normalized spacial score (nSPS) is 27.9. The van der Waals surface area contributed by atoms with Gasteiger partial charge in [-0.25, -0.2) is 19.4 Å². The Balaban J connectivity index is 1.31. The number of esters is 1. The lowest BCUT2D eigenvalue weighted by atomic mass is 10.0. The van der Waals surface area contributed by atoms with E-state index in [0.717, 1.165) is 44.9 Å². The van der Waals surface area contributed by atoms with E-state index in [4.69, 9.17) is 18.9 Å². The molecule has 14 heteroatoms. The van der Waals surface area contributed by atoms with E-state index in [1.165, 1.54) is 25.2 Å². The van der Waals surface area contributed by atoms with Crippen LogP contribution >= 0.6 is 0 Å².